The number of hydrogen-bond acceptors (Lipinski definition) is 3. The van der Waals surface area contributed by atoms with E-state index in [2.05, 4.69) is 4.90 Å². The fourth-order valence-corrected chi connectivity index (χ4v) is 3.64. The molecule has 20 heavy (non-hydrogen) atoms. The van der Waals surface area contributed by atoms with Crippen molar-refractivity contribution in [1.29, 1.82) is 0 Å². The van der Waals surface area contributed by atoms with Gasteiger partial charge in [-0.3, -0.25) is 4.90 Å². The maximum absolute atomic E-state index is 13.7. The summed E-state index contributed by atoms with van der Waals surface area (Å²) in [5.74, 6) is -0.376. The van der Waals surface area contributed by atoms with Crippen molar-refractivity contribution in [1.82, 2.24) is 4.90 Å². The third kappa shape index (κ3) is 2.58. The highest BCUT2D eigenvalue weighted by molar-refractivity contribution is 6.30. The Balaban J connectivity index is 1.86. The summed E-state index contributed by atoms with van der Waals surface area (Å²) in [6.07, 6.45) is 3.76. The molecular weight excluding hydrogens is 279 g/mol. The van der Waals surface area contributed by atoms with Crippen molar-refractivity contribution in [2.75, 3.05) is 19.7 Å². The van der Waals surface area contributed by atoms with E-state index in [4.69, 9.17) is 22.1 Å². The van der Waals surface area contributed by atoms with Gasteiger partial charge in [0.05, 0.1) is 17.7 Å². The molecule has 1 saturated heterocycles. The van der Waals surface area contributed by atoms with E-state index in [0.29, 0.717) is 18.7 Å². The highest BCUT2D eigenvalue weighted by Crippen LogP contribution is 2.35. The Morgan fingerprint density at radius 3 is 3.05 bits per heavy atom. The zero-order valence-electron chi connectivity index (χ0n) is 11.4. The molecule has 0 amide bonds. The Labute approximate surface area is 123 Å². The van der Waals surface area contributed by atoms with E-state index in [1.165, 1.54) is 12.5 Å². The van der Waals surface area contributed by atoms with Crippen LogP contribution in [0.4, 0.5) is 4.39 Å². The molecule has 2 aliphatic rings. The molecule has 1 aromatic carbocycles. The van der Waals surface area contributed by atoms with Crippen molar-refractivity contribution in [3.05, 3.63) is 34.6 Å². The molecule has 0 spiro atoms. The minimum absolute atomic E-state index is 0.0382. The highest BCUT2D eigenvalue weighted by Gasteiger charge is 2.39. The summed E-state index contributed by atoms with van der Waals surface area (Å²) in [6, 6.07) is 5.45. The number of morpholine rings is 1. The molecule has 1 saturated carbocycles. The molecular formula is C15H20ClFN2O. The first-order chi connectivity index (χ1) is 9.70. The van der Waals surface area contributed by atoms with Crippen molar-refractivity contribution >= 4 is 11.6 Å². The van der Waals surface area contributed by atoms with E-state index in [9.17, 15) is 4.39 Å². The van der Waals surface area contributed by atoms with Gasteiger partial charge in [0, 0.05) is 25.2 Å². The molecule has 110 valence electrons. The highest BCUT2D eigenvalue weighted by atomic mass is 35.5. The van der Waals surface area contributed by atoms with E-state index < -0.39 is 0 Å². The SMILES string of the molecule is NCC(c1ccc(Cl)c(F)c1)N1CCOC2CCCC21. The summed E-state index contributed by atoms with van der Waals surface area (Å²) in [5.41, 5.74) is 6.87. The molecule has 1 heterocycles. The summed E-state index contributed by atoms with van der Waals surface area (Å²) in [6.45, 7) is 2.06. The molecule has 0 radical (unpaired) electrons. The minimum atomic E-state index is -0.376. The Morgan fingerprint density at radius 2 is 2.30 bits per heavy atom. The molecule has 5 heteroatoms. The Hall–Kier alpha value is -0.680. The van der Waals surface area contributed by atoms with Gasteiger partial charge in [0.15, 0.2) is 0 Å². The van der Waals surface area contributed by atoms with Crippen LogP contribution < -0.4 is 5.73 Å². The van der Waals surface area contributed by atoms with Crippen LogP contribution in [0.2, 0.25) is 5.02 Å². The predicted molar refractivity (Wildman–Crippen MR) is 77.3 cm³/mol. The van der Waals surface area contributed by atoms with Crippen LogP contribution in [0.5, 0.6) is 0 Å². The molecule has 2 N–H and O–H groups in total. The van der Waals surface area contributed by atoms with E-state index >= 15 is 0 Å². The topological polar surface area (TPSA) is 38.5 Å². The van der Waals surface area contributed by atoms with Gasteiger partial charge >= 0.3 is 0 Å². The fraction of sp³-hybridized carbons (Fsp3) is 0.600. The van der Waals surface area contributed by atoms with Gasteiger partial charge in [-0.05, 0) is 37.0 Å². The third-order valence-electron chi connectivity index (χ3n) is 4.48. The van der Waals surface area contributed by atoms with Crippen LogP contribution in [0.1, 0.15) is 30.9 Å². The molecule has 1 aliphatic heterocycles. The lowest BCUT2D eigenvalue weighted by atomic mass is 10.0. The standard InChI is InChI=1S/C15H20ClFN2O/c16-11-5-4-10(8-12(11)17)14(9-18)19-6-7-20-15-3-1-2-13(15)19/h4-5,8,13-15H,1-3,6-7,9,18H2. The lowest BCUT2D eigenvalue weighted by Crippen LogP contribution is -2.51. The molecule has 0 bridgehead atoms. The van der Waals surface area contributed by atoms with Crippen molar-refractivity contribution in [2.24, 2.45) is 5.73 Å². The smallest absolute Gasteiger partial charge is 0.142 e. The van der Waals surface area contributed by atoms with Gasteiger partial charge in [-0.1, -0.05) is 17.7 Å². The first kappa shape index (κ1) is 14.3. The maximum atomic E-state index is 13.7. The number of nitrogens with two attached hydrogens (primary N) is 1. The zero-order chi connectivity index (χ0) is 14.1. The number of hydrogen-bond donors (Lipinski definition) is 1. The Morgan fingerprint density at radius 1 is 1.45 bits per heavy atom. The van der Waals surface area contributed by atoms with Gasteiger partial charge < -0.3 is 10.5 Å². The summed E-state index contributed by atoms with van der Waals surface area (Å²) in [4.78, 5) is 2.39. The van der Waals surface area contributed by atoms with Crippen LogP contribution in [0.15, 0.2) is 18.2 Å². The average Bonchev–Trinajstić information content (AvgIpc) is 2.93. The molecule has 1 aliphatic carbocycles. The quantitative estimate of drug-likeness (QED) is 0.932. The van der Waals surface area contributed by atoms with Crippen molar-refractivity contribution in [3.8, 4) is 0 Å². The van der Waals surface area contributed by atoms with Crippen molar-refractivity contribution < 1.29 is 9.13 Å². The Bertz CT molecular complexity index is 485. The van der Waals surface area contributed by atoms with Gasteiger partial charge in [0.25, 0.3) is 0 Å². The number of halogens is 2. The van der Waals surface area contributed by atoms with E-state index in [1.54, 1.807) is 6.07 Å². The molecule has 3 unspecified atom stereocenters. The van der Waals surface area contributed by atoms with Crippen LogP contribution in [0.25, 0.3) is 0 Å². The summed E-state index contributed by atoms with van der Waals surface area (Å²) in [7, 11) is 0. The summed E-state index contributed by atoms with van der Waals surface area (Å²) < 4.78 is 19.5. The lowest BCUT2D eigenvalue weighted by molar-refractivity contribution is -0.0711. The molecule has 3 nitrogen and oxygen atoms in total. The monoisotopic (exact) mass is 298 g/mol. The fourth-order valence-electron chi connectivity index (χ4n) is 3.53. The predicted octanol–water partition coefficient (Wildman–Crippen LogP) is 2.73. The summed E-state index contributed by atoms with van der Waals surface area (Å²) >= 11 is 5.76. The second kappa shape index (κ2) is 5.98. The van der Waals surface area contributed by atoms with Crippen LogP contribution in [-0.2, 0) is 4.74 Å². The van der Waals surface area contributed by atoms with Crippen LogP contribution in [0.3, 0.4) is 0 Å². The van der Waals surface area contributed by atoms with Crippen LogP contribution in [-0.4, -0.2) is 36.7 Å². The summed E-state index contributed by atoms with van der Waals surface area (Å²) in [5, 5.41) is 0.158. The van der Waals surface area contributed by atoms with E-state index in [1.807, 2.05) is 6.07 Å². The number of rotatable bonds is 3. The van der Waals surface area contributed by atoms with E-state index in [0.717, 1.165) is 31.6 Å². The number of ether oxygens (including phenoxy) is 1. The van der Waals surface area contributed by atoms with Gasteiger partial charge in [-0.15, -0.1) is 0 Å². The van der Waals surface area contributed by atoms with Crippen LogP contribution in [0, 0.1) is 5.82 Å². The molecule has 3 rings (SSSR count). The molecule has 3 atom stereocenters. The lowest BCUT2D eigenvalue weighted by Gasteiger charge is -2.42. The molecule has 0 aromatic heterocycles. The number of fused-ring (bicyclic) bond motifs is 1. The van der Waals surface area contributed by atoms with Gasteiger partial charge in [0.1, 0.15) is 5.82 Å². The number of nitrogens with zero attached hydrogens (tertiary/aromatic N) is 1. The third-order valence-corrected chi connectivity index (χ3v) is 4.78. The second-order valence-corrected chi connectivity index (χ2v) is 5.98. The van der Waals surface area contributed by atoms with Gasteiger partial charge in [-0.2, -0.15) is 0 Å². The van der Waals surface area contributed by atoms with Crippen molar-refractivity contribution in [2.45, 2.75) is 37.5 Å². The zero-order valence-corrected chi connectivity index (χ0v) is 12.2. The minimum Gasteiger partial charge on any atom is -0.375 e. The normalized spacial score (nSPS) is 28.4. The number of benzene rings is 1. The average molecular weight is 299 g/mol. The van der Waals surface area contributed by atoms with Gasteiger partial charge in [0.2, 0.25) is 0 Å². The maximum Gasteiger partial charge on any atom is 0.142 e. The molecule has 2 fully saturated rings. The van der Waals surface area contributed by atoms with Gasteiger partial charge in [-0.25, -0.2) is 4.39 Å². The second-order valence-electron chi connectivity index (χ2n) is 5.57. The largest absolute Gasteiger partial charge is 0.375 e. The first-order valence-electron chi connectivity index (χ1n) is 7.23. The van der Waals surface area contributed by atoms with Crippen molar-refractivity contribution in [3.63, 3.8) is 0 Å². The van der Waals surface area contributed by atoms with Crippen LogP contribution >= 0.6 is 11.6 Å². The van der Waals surface area contributed by atoms with E-state index in [-0.39, 0.29) is 16.9 Å². The Kier molecular flexibility index (Phi) is 4.26. The molecule has 1 aromatic rings. The first-order valence-corrected chi connectivity index (χ1v) is 7.61.